The van der Waals surface area contributed by atoms with Crippen LogP contribution in [0.25, 0.3) is 0 Å². The van der Waals surface area contributed by atoms with Gasteiger partial charge in [-0.1, -0.05) is 6.92 Å². The summed E-state index contributed by atoms with van der Waals surface area (Å²) in [5.74, 6) is 0.483. The summed E-state index contributed by atoms with van der Waals surface area (Å²) in [6, 6.07) is -0.383. The highest BCUT2D eigenvalue weighted by Gasteiger charge is 2.21. The van der Waals surface area contributed by atoms with Gasteiger partial charge in [-0.2, -0.15) is 0 Å². The second-order valence-electron chi connectivity index (χ2n) is 2.98. The van der Waals surface area contributed by atoms with Gasteiger partial charge >= 0.3 is 0 Å². The number of nitrogens with two attached hydrogens (primary N) is 1. The van der Waals surface area contributed by atoms with Crippen LogP contribution in [0.1, 0.15) is 31.2 Å². The maximum absolute atomic E-state index is 9.61. The molecule has 1 aromatic rings. The van der Waals surface area contributed by atoms with E-state index in [4.69, 9.17) is 14.9 Å². The number of methoxy groups -OCH3 is 1. The molecule has 14 heavy (non-hydrogen) atoms. The maximum Gasteiger partial charge on any atom is 0.246 e. The molecule has 0 radical (unpaired) electrons. The number of hydrogen-bond donors (Lipinski definition) is 2. The van der Waals surface area contributed by atoms with Crippen LogP contribution in [-0.4, -0.2) is 28.5 Å². The standard InChI is InChI=1S/C8H15N3O3/c1-3-5(9)7(12)8-11-10-6(14-8)4-13-2/h5,7,12H,3-4,9H2,1-2H3/t5?,7-/m0/s1. The zero-order valence-electron chi connectivity index (χ0n) is 8.30. The lowest BCUT2D eigenvalue weighted by Crippen LogP contribution is -2.27. The Morgan fingerprint density at radius 3 is 2.86 bits per heavy atom. The van der Waals surface area contributed by atoms with Gasteiger partial charge in [0, 0.05) is 13.2 Å². The van der Waals surface area contributed by atoms with Crippen molar-refractivity contribution in [3.8, 4) is 0 Å². The number of aliphatic hydroxyl groups excluding tert-OH is 1. The summed E-state index contributed by atoms with van der Waals surface area (Å²) in [5, 5.41) is 17.0. The highest BCUT2D eigenvalue weighted by Crippen LogP contribution is 2.15. The molecule has 1 rings (SSSR count). The fraction of sp³-hybridized carbons (Fsp3) is 0.750. The van der Waals surface area contributed by atoms with Gasteiger partial charge in [-0.05, 0) is 6.42 Å². The molecular formula is C8H15N3O3. The largest absolute Gasteiger partial charge is 0.420 e. The van der Waals surface area contributed by atoms with Gasteiger partial charge in [-0.3, -0.25) is 0 Å². The minimum Gasteiger partial charge on any atom is -0.420 e. The van der Waals surface area contributed by atoms with Crippen LogP contribution < -0.4 is 5.73 Å². The molecule has 0 spiro atoms. The molecule has 0 fully saturated rings. The quantitative estimate of drug-likeness (QED) is 0.695. The molecule has 0 aliphatic carbocycles. The lowest BCUT2D eigenvalue weighted by Gasteiger charge is -2.12. The second kappa shape index (κ2) is 5.04. The van der Waals surface area contributed by atoms with Crippen LogP contribution in [0.4, 0.5) is 0 Å². The Bertz CT molecular complexity index is 277. The Balaban J connectivity index is 2.65. The van der Waals surface area contributed by atoms with Crippen molar-refractivity contribution in [1.82, 2.24) is 10.2 Å². The summed E-state index contributed by atoms with van der Waals surface area (Å²) in [4.78, 5) is 0. The number of aromatic nitrogens is 2. The van der Waals surface area contributed by atoms with Crippen LogP contribution in [0.15, 0.2) is 4.42 Å². The highest BCUT2D eigenvalue weighted by molar-refractivity contribution is 4.90. The van der Waals surface area contributed by atoms with Gasteiger partial charge < -0.3 is 20.0 Å². The molecule has 3 N–H and O–H groups in total. The first-order valence-electron chi connectivity index (χ1n) is 4.43. The van der Waals surface area contributed by atoms with Crippen LogP contribution in [0, 0.1) is 0 Å². The van der Waals surface area contributed by atoms with Crippen LogP contribution in [-0.2, 0) is 11.3 Å². The lowest BCUT2D eigenvalue weighted by atomic mass is 10.1. The molecule has 0 aliphatic rings. The van der Waals surface area contributed by atoms with E-state index in [9.17, 15) is 5.11 Å². The van der Waals surface area contributed by atoms with E-state index in [2.05, 4.69) is 10.2 Å². The van der Waals surface area contributed by atoms with Crippen molar-refractivity contribution in [2.45, 2.75) is 32.1 Å². The van der Waals surface area contributed by atoms with Gasteiger partial charge in [0.1, 0.15) is 12.7 Å². The number of nitrogens with zero attached hydrogens (tertiary/aromatic N) is 2. The molecule has 1 heterocycles. The third-order valence-corrected chi connectivity index (χ3v) is 1.88. The van der Waals surface area contributed by atoms with E-state index >= 15 is 0 Å². The summed E-state index contributed by atoms with van der Waals surface area (Å²) in [6.45, 7) is 2.11. The summed E-state index contributed by atoms with van der Waals surface area (Å²) < 4.78 is 9.93. The van der Waals surface area contributed by atoms with Gasteiger partial charge in [0.2, 0.25) is 11.8 Å². The summed E-state index contributed by atoms with van der Waals surface area (Å²) in [7, 11) is 1.53. The number of aliphatic hydroxyl groups is 1. The molecule has 80 valence electrons. The molecular weight excluding hydrogens is 186 g/mol. The van der Waals surface area contributed by atoms with Crippen LogP contribution in [0.5, 0.6) is 0 Å². The third-order valence-electron chi connectivity index (χ3n) is 1.88. The molecule has 0 saturated carbocycles. The Morgan fingerprint density at radius 1 is 1.57 bits per heavy atom. The van der Waals surface area contributed by atoms with Crippen LogP contribution >= 0.6 is 0 Å². The van der Waals surface area contributed by atoms with Crippen molar-refractivity contribution >= 4 is 0 Å². The Hall–Kier alpha value is -0.980. The van der Waals surface area contributed by atoms with E-state index < -0.39 is 6.10 Å². The first kappa shape index (κ1) is 11.1. The SMILES string of the molecule is CCC(N)[C@H](O)c1nnc(COC)o1. The van der Waals surface area contributed by atoms with Crippen LogP contribution in [0.2, 0.25) is 0 Å². The monoisotopic (exact) mass is 201 g/mol. The zero-order valence-corrected chi connectivity index (χ0v) is 8.30. The van der Waals surface area contributed by atoms with Gasteiger partial charge in [0.15, 0.2) is 0 Å². The number of ether oxygens (including phenoxy) is 1. The lowest BCUT2D eigenvalue weighted by molar-refractivity contribution is 0.104. The molecule has 0 aliphatic heterocycles. The van der Waals surface area contributed by atoms with E-state index in [-0.39, 0.29) is 18.5 Å². The average Bonchev–Trinajstić information content (AvgIpc) is 2.64. The fourth-order valence-electron chi connectivity index (χ4n) is 0.974. The van der Waals surface area contributed by atoms with Crippen molar-refractivity contribution in [3.63, 3.8) is 0 Å². The molecule has 1 aromatic heterocycles. The third kappa shape index (κ3) is 2.50. The summed E-state index contributed by atoms with van der Waals surface area (Å²) >= 11 is 0. The molecule has 1 unspecified atom stereocenters. The minimum atomic E-state index is -0.905. The fourth-order valence-corrected chi connectivity index (χ4v) is 0.974. The topological polar surface area (TPSA) is 94.4 Å². The second-order valence-corrected chi connectivity index (χ2v) is 2.98. The first-order chi connectivity index (χ1) is 6.69. The van der Waals surface area contributed by atoms with Crippen molar-refractivity contribution in [2.24, 2.45) is 5.73 Å². The number of rotatable bonds is 5. The molecule has 6 heteroatoms. The Labute approximate surface area is 82.1 Å². The van der Waals surface area contributed by atoms with Crippen LogP contribution in [0.3, 0.4) is 0 Å². The molecule has 0 saturated heterocycles. The van der Waals surface area contributed by atoms with E-state index in [1.54, 1.807) is 0 Å². The Morgan fingerprint density at radius 2 is 2.29 bits per heavy atom. The van der Waals surface area contributed by atoms with E-state index in [0.29, 0.717) is 12.3 Å². The van der Waals surface area contributed by atoms with Gasteiger partial charge in [0.25, 0.3) is 0 Å². The van der Waals surface area contributed by atoms with E-state index in [0.717, 1.165) is 0 Å². The zero-order chi connectivity index (χ0) is 10.6. The molecule has 0 amide bonds. The summed E-state index contributed by atoms with van der Waals surface area (Å²) in [5.41, 5.74) is 5.62. The minimum absolute atomic E-state index is 0.145. The van der Waals surface area contributed by atoms with Gasteiger partial charge in [-0.15, -0.1) is 10.2 Å². The van der Waals surface area contributed by atoms with Crippen molar-refractivity contribution in [1.29, 1.82) is 0 Å². The highest BCUT2D eigenvalue weighted by atomic mass is 16.5. The van der Waals surface area contributed by atoms with E-state index in [1.165, 1.54) is 7.11 Å². The molecule has 0 aromatic carbocycles. The van der Waals surface area contributed by atoms with Crippen molar-refractivity contribution in [2.75, 3.05) is 7.11 Å². The predicted octanol–water partition coefficient (Wildman–Crippen LogP) is -0.0133. The predicted molar refractivity (Wildman–Crippen MR) is 48.2 cm³/mol. The number of hydrogen-bond acceptors (Lipinski definition) is 6. The average molecular weight is 201 g/mol. The maximum atomic E-state index is 9.61. The first-order valence-corrected chi connectivity index (χ1v) is 4.43. The molecule has 0 bridgehead atoms. The molecule has 6 nitrogen and oxygen atoms in total. The molecule has 2 atom stereocenters. The normalized spacial score (nSPS) is 15.4. The van der Waals surface area contributed by atoms with E-state index in [1.807, 2.05) is 6.92 Å². The van der Waals surface area contributed by atoms with Crippen molar-refractivity contribution < 1.29 is 14.3 Å². The summed E-state index contributed by atoms with van der Waals surface area (Å²) in [6.07, 6.45) is -0.263. The van der Waals surface area contributed by atoms with Gasteiger partial charge in [-0.25, -0.2) is 0 Å². The van der Waals surface area contributed by atoms with Gasteiger partial charge in [0.05, 0.1) is 0 Å². The van der Waals surface area contributed by atoms with Crippen molar-refractivity contribution in [3.05, 3.63) is 11.8 Å². The smallest absolute Gasteiger partial charge is 0.246 e. The Kier molecular flexibility index (Phi) is 3.99.